The third-order valence-corrected chi connectivity index (χ3v) is 5.63. The molecule has 0 unspecified atom stereocenters. The number of sulfonamides is 1. The number of aliphatic hydroxyl groups excluding tert-OH is 1. The quantitative estimate of drug-likeness (QED) is 0.679. The molecule has 3 N–H and O–H groups in total. The zero-order chi connectivity index (χ0) is 17.6. The van der Waals surface area contributed by atoms with Crippen molar-refractivity contribution in [1.29, 1.82) is 0 Å². The van der Waals surface area contributed by atoms with Crippen molar-refractivity contribution >= 4 is 15.9 Å². The maximum atomic E-state index is 12.3. The highest BCUT2D eigenvalue weighted by atomic mass is 32.2. The van der Waals surface area contributed by atoms with Gasteiger partial charge in [0.2, 0.25) is 10.0 Å². The van der Waals surface area contributed by atoms with E-state index < -0.39 is 16.1 Å². The molecule has 7 heteroatoms. The van der Waals surface area contributed by atoms with Gasteiger partial charge in [-0.2, -0.15) is 0 Å². The first-order valence-electron chi connectivity index (χ1n) is 8.47. The third kappa shape index (κ3) is 5.58. The summed E-state index contributed by atoms with van der Waals surface area (Å²) in [6, 6.07) is 6.06. The number of amides is 1. The number of carbonyl (C=O) groups excluding carboxylic acids is 1. The Labute approximate surface area is 143 Å². The molecule has 1 atom stereocenters. The summed E-state index contributed by atoms with van der Waals surface area (Å²) in [7, 11) is -3.67. The first kappa shape index (κ1) is 18.9. The second-order valence-electron chi connectivity index (χ2n) is 6.39. The zero-order valence-electron chi connectivity index (χ0n) is 14.0. The Bertz CT molecular complexity index is 633. The molecule has 0 heterocycles. The maximum absolute atomic E-state index is 12.3. The first-order valence-corrected chi connectivity index (χ1v) is 9.95. The number of benzene rings is 1. The van der Waals surface area contributed by atoms with Gasteiger partial charge in [-0.25, -0.2) is 13.1 Å². The molecule has 0 radical (unpaired) electrons. The molecule has 134 valence electrons. The Morgan fingerprint density at radius 3 is 2.29 bits per heavy atom. The molecule has 0 saturated heterocycles. The minimum atomic E-state index is -3.67. The van der Waals surface area contributed by atoms with Gasteiger partial charge in [-0.1, -0.05) is 25.7 Å². The average molecular weight is 354 g/mol. The summed E-state index contributed by atoms with van der Waals surface area (Å²) in [6.07, 6.45) is 5.96. The minimum Gasteiger partial charge on any atom is -0.392 e. The molecule has 1 aromatic carbocycles. The molecular formula is C17H26N2O4S. The fourth-order valence-corrected chi connectivity index (χ4v) is 3.91. The van der Waals surface area contributed by atoms with Crippen LogP contribution in [0, 0.1) is 0 Å². The van der Waals surface area contributed by atoms with Crippen LogP contribution in [0.4, 0.5) is 0 Å². The van der Waals surface area contributed by atoms with Crippen LogP contribution in [0.1, 0.15) is 55.8 Å². The van der Waals surface area contributed by atoms with Crippen LogP contribution in [0.2, 0.25) is 0 Å². The zero-order valence-corrected chi connectivity index (χ0v) is 14.8. The highest BCUT2D eigenvalue weighted by Crippen LogP contribution is 2.18. The maximum Gasteiger partial charge on any atom is 0.251 e. The Morgan fingerprint density at radius 1 is 1.17 bits per heavy atom. The number of hydrogen-bond donors (Lipinski definition) is 3. The van der Waals surface area contributed by atoms with Crippen LogP contribution < -0.4 is 10.0 Å². The molecule has 2 rings (SSSR count). The molecule has 1 aromatic rings. The summed E-state index contributed by atoms with van der Waals surface area (Å²) in [5.41, 5.74) is 0.453. The predicted molar refractivity (Wildman–Crippen MR) is 92.3 cm³/mol. The summed E-state index contributed by atoms with van der Waals surface area (Å²) in [6.45, 7) is 1.45. The standard InChI is InChI=1S/C17H26N2O4S/c1-13(20)12-18-24(22,23)16-10-8-14(9-11-16)17(21)19-15-6-4-2-3-5-7-15/h8-11,13,15,18,20H,2-7,12H2,1H3,(H,19,21)/t13-/m0/s1. The van der Waals surface area contributed by atoms with Crippen LogP contribution in [-0.4, -0.2) is 38.1 Å². The summed E-state index contributed by atoms with van der Waals surface area (Å²) in [5.74, 6) is -0.164. The van der Waals surface area contributed by atoms with Crippen molar-refractivity contribution in [3.8, 4) is 0 Å². The highest BCUT2D eigenvalue weighted by molar-refractivity contribution is 7.89. The van der Waals surface area contributed by atoms with Gasteiger partial charge in [-0.3, -0.25) is 4.79 Å². The number of carbonyl (C=O) groups is 1. The van der Waals surface area contributed by atoms with Crippen LogP contribution in [0.25, 0.3) is 0 Å². The summed E-state index contributed by atoms with van der Waals surface area (Å²) in [4.78, 5) is 12.4. The van der Waals surface area contributed by atoms with Gasteiger partial charge in [-0.05, 0) is 44.0 Å². The lowest BCUT2D eigenvalue weighted by atomic mass is 10.1. The van der Waals surface area contributed by atoms with E-state index in [4.69, 9.17) is 0 Å². The van der Waals surface area contributed by atoms with Crippen molar-refractivity contribution in [2.45, 2.75) is 62.5 Å². The number of rotatable bonds is 6. The molecule has 1 amide bonds. The molecule has 24 heavy (non-hydrogen) atoms. The summed E-state index contributed by atoms with van der Waals surface area (Å²) < 4.78 is 26.4. The summed E-state index contributed by atoms with van der Waals surface area (Å²) >= 11 is 0. The third-order valence-electron chi connectivity index (χ3n) is 4.19. The monoisotopic (exact) mass is 354 g/mol. The van der Waals surface area contributed by atoms with E-state index in [-0.39, 0.29) is 23.4 Å². The largest absolute Gasteiger partial charge is 0.392 e. The van der Waals surface area contributed by atoms with Crippen LogP contribution in [0.3, 0.4) is 0 Å². The van der Waals surface area contributed by atoms with Crippen molar-refractivity contribution in [2.75, 3.05) is 6.54 Å². The Kier molecular flexibility index (Phi) is 6.77. The van der Waals surface area contributed by atoms with E-state index in [2.05, 4.69) is 10.0 Å². The smallest absolute Gasteiger partial charge is 0.251 e. The fourth-order valence-electron chi connectivity index (χ4n) is 2.79. The van der Waals surface area contributed by atoms with Crippen molar-refractivity contribution < 1.29 is 18.3 Å². The SMILES string of the molecule is C[C@H](O)CNS(=O)(=O)c1ccc(C(=O)NC2CCCCCC2)cc1. The number of hydrogen-bond acceptors (Lipinski definition) is 4. The van der Waals surface area contributed by atoms with E-state index in [1.165, 1.54) is 44.0 Å². The minimum absolute atomic E-state index is 0.0494. The van der Waals surface area contributed by atoms with Crippen LogP contribution in [0.5, 0.6) is 0 Å². The van der Waals surface area contributed by atoms with E-state index in [1.54, 1.807) is 0 Å². The molecule has 1 aliphatic carbocycles. The van der Waals surface area contributed by atoms with E-state index in [1.807, 2.05) is 0 Å². The van der Waals surface area contributed by atoms with E-state index in [0.29, 0.717) is 5.56 Å². The second kappa shape index (κ2) is 8.60. The van der Waals surface area contributed by atoms with Crippen LogP contribution >= 0.6 is 0 Å². The molecule has 1 fully saturated rings. The average Bonchev–Trinajstić information content (AvgIpc) is 2.82. The second-order valence-corrected chi connectivity index (χ2v) is 8.15. The summed E-state index contributed by atoms with van der Waals surface area (Å²) in [5, 5.41) is 12.2. The van der Waals surface area contributed by atoms with Crippen LogP contribution in [-0.2, 0) is 10.0 Å². The molecule has 0 aliphatic heterocycles. The number of aliphatic hydroxyl groups is 1. The van der Waals surface area contributed by atoms with Gasteiger partial charge < -0.3 is 10.4 Å². The van der Waals surface area contributed by atoms with Gasteiger partial charge in [-0.15, -0.1) is 0 Å². The lowest BCUT2D eigenvalue weighted by molar-refractivity contribution is 0.0933. The predicted octanol–water partition coefficient (Wildman–Crippen LogP) is 1.80. The van der Waals surface area contributed by atoms with Gasteiger partial charge in [0.05, 0.1) is 11.0 Å². The fraction of sp³-hybridized carbons (Fsp3) is 0.588. The Morgan fingerprint density at radius 2 is 1.75 bits per heavy atom. The van der Waals surface area contributed by atoms with Crippen molar-refractivity contribution in [2.24, 2.45) is 0 Å². The topological polar surface area (TPSA) is 95.5 Å². The van der Waals surface area contributed by atoms with E-state index >= 15 is 0 Å². The molecule has 0 spiro atoms. The molecule has 1 saturated carbocycles. The van der Waals surface area contributed by atoms with E-state index in [0.717, 1.165) is 25.7 Å². The molecule has 0 bridgehead atoms. The van der Waals surface area contributed by atoms with Gasteiger partial charge in [0, 0.05) is 18.2 Å². The molecule has 0 aromatic heterocycles. The molecule has 6 nitrogen and oxygen atoms in total. The Hall–Kier alpha value is -1.44. The van der Waals surface area contributed by atoms with Gasteiger partial charge in [0.1, 0.15) is 0 Å². The van der Waals surface area contributed by atoms with Gasteiger partial charge in [0.15, 0.2) is 0 Å². The lowest BCUT2D eigenvalue weighted by Gasteiger charge is -2.16. The van der Waals surface area contributed by atoms with Crippen molar-refractivity contribution in [3.05, 3.63) is 29.8 Å². The normalized spacial score (nSPS) is 17.9. The molecule has 1 aliphatic rings. The van der Waals surface area contributed by atoms with Crippen LogP contribution in [0.15, 0.2) is 29.2 Å². The molecular weight excluding hydrogens is 328 g/mol. The Balaban J connectivity index is 1.99. The highest BCUT2D eigenvalue weighted by Gasteiger charge is 2.18. The number of nitrogens with one attached hydrogen (secondary N) is 2. The van der Waals surface area contributed by atoms with Crippen molar-refractivity contribution in [1.82, 2.24) is 10.0 Å². The van der Waals surface area contributed by atoms with Gasteiger partial charge in [0.25, 0.3) is 5.91 Å². The first-order chi connectivity index (χ1) is 11.4. The van der Waals surface area contributed by atoms with Gasteiger partial charge >= 0.3 is 0 Å². The van der Waals surface area contributed by atoms with E-state index in [9.17, 15) is 18.3 Å². The lowest BCUT2D eigenvalue weighted by Crippen LogP contribution is -2.34. The van der Waals surface area contributed by atoms with Crippen molar-refractivity contribution in [3.63, 3.8) is 0 Å².